The van der Waals surface area contributed by atoms with E-state index in [1.165, 1.54) is 28.3 Å². The first-order chi connectivity index (χ1) is 7.46. The van der Waals surface area contributed by atoms with Crippen LogP contribution in [0.3, 0.4) is 0 Å². The van der Waals surface area contributed by atoms with Gasteiger partial charge in [-0.3, -0.25) is 9.36 Å². The molecule has 0 aliphatic rings. The summed E-state index contributed by atoms with van der Waals surface area (Å²) in [4.78, 5) is 11.3. The number of methoxy groups -OCH3 is 3. The van der Waals surface area contributed by atoms with E-state index in [2.05, 4.69) is 10.1 Å². The smallest absolute Gasteiger partial charge is 0.325 e. The van der Waals surface area contributed by atoms with Gasteiger partial charge in [-0.05, 0) is 6.92 Å². The van der Waals surface area contributed by atoms with Crippen LogP contribution in [-0.2, 0) is 23.6 Å². The van der Waals surface area contributed by atoms with Crippen LogP contribution in [0.4, 0.5) is 0 Å². The van der Waals surface area contributed by atoms with Gasteiger partial charge in [-0.2, -0.15) is 0 Å². The molecule has 0 aromatic carbocycles. The Balaban J connectivity index is 4.84. The zero-order valence-corrected chi connectivity index (χ0v) is 10.5. The van der Waals surface area contributed by atoms with E-state index in [0.717, 1.165) is 0 Å². The maximum Gasteiger partial charge on any atom is 0.325 e. The molecule has 0 heterocycles. The molecule has 0 amide bonds. The second-order valence-corrected chi connectivity index (χ2v) is 3.74. The van der Waals surface area contributed by atoms with Gasteiger partial charge in [0, 0.05) is 14.2 Å². The molecule has 7 nitrogen and oxygen atoms in total. The molecular weight excluding hydrogens is 237 g/mol. The van der Waals surface area contributed by atoms with Crippen molar-refractivity contribution in [3.63, 3.8) is 0 Å². The number of esters is 1. The highest BCUT2D eigenvalue weighted by Gasteiger charge is 2.38. The molecule has 0 aromatic rings. The molecule has 0 bridgehead atoms. The minimum Gasteiger partial charge on any atom is -0.468 e. The molecule has 0 spiro atoms. The van der Waals surface area contributed by atoms with Crippen LogP contribution in [0.2, 0.25) is 0 Å². The van der Waals surface area contributed by atoms with Gasteiger partial charge >= 0.3 is 11.6 Å². The monoisotopic (exact) mass is 253 g/mol. The molecule has 0 rings (SSSR count). The third kappa shape index (κ3) is 3.77. The van der Waals surface area contributed by atoms with E-state index >= 15 is 0 Å². The maximum absolute atomic E-state index is 11.3. The summed E-state index contributed by atoms with van der Waals surface area (Å²) in [7, 11) is 3.14. The zero-order chi connectivity index (χ0) is 12.8. The van der Waals surface area contributed by atoms with Crippen molar-refractivity contribution in [1.29, 1.82) is 0 Å². The van der Waals surface area contributed by atoms with E-state index in [1.54, 1.807) is 0 Å². The average Bonchev–Trinajstić information content (AvgIpc) is 2.30. The van der Waals surface area contributed by atoms with Gasteiger partial charge < -0.3 is 19.3 Å². The number of carbonyl (C=O) groups is 1. The number of ether oxygens (including phenoxy) is 3. The third-order valence-corrected chi connectivity index (χ3v) is 2.68. The Bertz CT molecular complexity index is 243. The average molecular weight is 253 g/mol. The van der Waals surface area contributed by atoms with E-state index in [9.17, 15) is 14.5 Å². The van der Waals surface area contributed by atoms with Crippen molar-refractivity contribution in [2.75, 3.05) is 21.3 Å². The fraction of sp³-hybridized carbons (Fsp3) is 0.875. The summed E-state index contributed by atoms with van der Waals surface area (Å²) in [6, 6.07) is -1.11. The Labute approximate surface area is 95.3 Å². The van der Waals surface area contributed by atoms with Crippen LogP contribution in [0.15, 0.2) is 0 Å². The summed E-state index contributed by atoms with van der Waals surface area (Å²) in [5, 5.41) is 11.9. The molecule has 2 unspecified atom stereocenters. The quantitative estimate of drug-likeness (QED) is 0.365. The Hall–Kier alpha value is -0.590. The van der Waals surface area contributed by atoms with Crippen LogP contribution < -0.4 is 5.32 Å². The normalized spacial score (nSPS) is 15.8. The standard InChI is InChI=1S/C8H16NO6P/c1-5(10)6(7(11)13-2)9-8(14-3,15-4)16-12/h5-6,9-10H,1-4H3. The van der Waals surface area contributed by atoms with E-state index in [0.29, 0.717) is 0 Å². The summed E-state index contributed by atoms with van der Waals surface area (Å²) in [6.45, 7) is 1.38. The van der Waals surface area contributed by atoms with E-state index in [-0.39, 0.29) is 0 Å². The Morgan fingerprint density at radius 3 is 2.12 bits per heavy atom. The number of hydrogen-bond acceptors (Lipinski definition) is 7. The summed E-state index contributed by atoms with van der Waals surface area (Å²) < 4.78 is 25.1. The van der Waals surface area contributed by atoms with Gasteiger partial charge in [0.1, 0.15) is 6.04 Å². The van der Waals surface area contributed by atoms with Crippen molar-refractivity contribution in [3.8, 4) is 0 Å². The van der Waals surface area contributed by atoms with E-state index < -0.39 is 32.2 Å². The summed E-state index contributed by atoms with van der Waals surface area (Å²) >= 11 is 0. The minimum absolute atomic E-state index is 0.530. The molecule has 0 fully saturated rings. The maximum atomic E-state index is 11.3. The van der Waals surface area contributed by atoms with Gasteiger partial charge in [-0.15, -0.1) is 0 Å². The highest BCUT2D eigenvalue weighted by molar-refractivity contribution is 7.25. The second-order valence-electron chi connectivity index (χ2n) is 2.97. The molecule has 2 atom stereocenters. The number of aliphatic hydroxyl groups excluding tert-OH is 1. The molecule has 0 aliphatic heterocycles. The number of rotatable bonds is 7. The SMILES string of the molecule is COC(=O)C(NC(OC)(OC)P=O)C(C)O. The summed E-state index contributed by atoms with van der Waals surface area (Å²) in [5.74, 6) is -0.711. The molecule has 94 valence electrons. The van der Waals surface area contributed by atoms with Crippen molar-refractivity contribution >= 4 is 14.4 Å². The van der Waals surface area contributed by atoms with Crippen molar-refractivity contribution in [2.24, 2.45) is 0 Å². The highest BCUT2D eigenvalue weighted by atomic mass is 31.1. The van der Waals surface area contributed by atoms with Crippen LogP contribution in [0.1, 0.15) is 6.92 Å². The first kappa shape index (κ1) is 15.4. The number of nitrogens with one attached hydrogen (secondary N) is 1. The molecule has 2 N–H and O–H groups in total. The first-order valence-electron chi connectivity index (χ1n) is 4.44. The van der Waals surface area contributed by atoms with Gasteiger partial charge in [-0.1, -0.05) is 0 Å². The van der Waals surface area contributed by atoms with Crippen LogP contribution in [0.25, 0.3) is 0 Å². The van der Waals surface area contributed by atoms with Crippen LogP contribution in [0, 0.1) is 0 Å². The van der Waals surface area contributed by atoms with Gasteiger partial charge in [0.25, 0.3) is 0 Å². The topological polar surface area (TPSA) is 94.1 Å². The van der Waals surface area contributed by atoms with E-state index in [1.807, 2.05) is 0 Å². The molecular formula is C8H16NO6P. The molecule has 0 aliphatic carbocycles. The lowest BCUT2D eigenvalue weighted by atomic mass is 10.2. The summed E-state index contributed by atoms with van der Waals surface area (Å²) in [6.07, 6.45) is -1.06. The highest BCUT2D eigenvalue weighted by Crippen LogP contribution is 2.22. The minimum atomic E-state index is -1.68. The lowest BCUT2D eigenvalue weighted by Gasteiger charge is -2.29. The van der Waals surface area contributed by atoms with Crippen molar-refractivity contribution < 1.29 is 28.7 Å². The predicted octanol–water partition coefficient (Wildman–Crippen LogP) is -0.306. The number of carbonyl (C=O) groups excluding carboxylic acids is 1. The Morgan fingerprint density at radius 2 is 1.88 bits per heavy atom. The number of hydrogen-bond donors (Lipinski definition) is 2. The third-order valence-electron chi connectivity index (χ3n) is 1.95. The second kappa shape index (κ2) is 6.88. The van der Waals surface area contributed by atoms with Crippen LogP contribution >= 0.6 is 8.46 Å². The fourth-order valence-corrected chi connectivity index (χ4v) is 1.34. The zero-order valence-electron chi connectivity index (χ0n) is 9.59. The van der Waals surface area contributed by atoms with Gasteiger partial charge in [0.05, 0.1) is 13.2 Å². The van der Waals surface area contributed by atoms with Crippen LogP contribution in [-0.4, -0.2) is 50.2 Å². The van der Waals surface area contributed by atoms with Crippen molar-refractivity contribution in [3.05, 3.63) is 0 Å². The van der Waals surface area contributed by atoms with Crippen molar-refractivity contribution in [2.45, 2.75) is 24.7 Å². The van der Waals surface area contributed by atoms with Gasteiger partial charge in [-0.25, -0.2) is 5.32 Å². The molecule has 8 heteroatoms. The largest absolute Gasteiger partial charge is 0.468 e. The molecule has 0 saturated carbocycles. The Morgan fingerprint density at radius 1 is 1.38 bits per heavy atom. The van der Waals surface area contributed by atoms with E-state index in [4.69, 9.17) is 9.47 Å². The van der Waals surface area contributed by atoms with Crippen LogP contribution in [0.5, 0.6) is 0 Å². The Kier molecular flexibility index (Phi) is 6.62. The first-order valence-corrected chi connectivity index (χ1v) is 5.26. The number of aliphatic hydroxyl groups is 1. The molecule has 16 heavy (non-hydrogen) atoms. The molecule has 0 radical (unpaired) electrons. The molecule has 0 aromatic heterocycles. The lowest BCUT2D eigenvalue weighted by molar-refractivity contribution is -0.179. The lowest BCUT2D eigenvalue weighted by Crippen LogP contribution is -2.56. The fourth-order valence-electron chi connectivity index (χ4n) is 1.00. The van der Waals surface area contributed by atoms with Gasteiger partial charge in [0.15, 0.2) is 0 Å². The summed E-state index contributed by atoms with van der Waals surface area (Å²) in [5.41, 5.74) is -1.68. The van der Waals surface area contributed by atoms with Gasteiger partial charge in [0.2, 0.25) is 8.46 Å². The predicted molar refractivity (Wildman–Crippen MR) is 55.0 cm³/mol. The van der Waals surface area contributed by atoms with Crippen molar-refractivity contribution in [1.82, 2.24) is 5.32 Å². The molecule has 0 saturated heterocycles.